The van der Waals surface area contributed by atoms with Gasteiger partial charge in [-0.25, -0.2) is 0 Å². The number of aryl methyl sites for hydroxylation is 2. The van der Waals surface area contributed by atoms with Crippen LogP contribution in [-0.2, 0) is 20.6 Å². The van der Waals surface area contributed by atoms with Gasteiger partial charge in [-0.15, -0.1) is 0 Å². The maximum Gasteiger partial charge on any atom is 0.0701 e. The molecule has 0 aliphatic rings. The number of hydrogen-bond donors (Lipinski definition) is 0. The van der Waals surface area contributed by atoms with Gasteiger partial charge in [0.2, 0.25) is 0 Å². The number of hydrogen-bond acceptors (Lipinski definition) is 3. The van der Waals surface area contributed by atoms with Crippen LogP contribution < -0.4 is 0 Å². The van der Waals surface area contributed by atoms with Crippen molar-refractivity contribution in [1.29, 1.82) is 0 Å². The topological polar surface area (TPSA) is 27.7 Å². The molecule has 1 rings (SSSR count). The quantitative estimate of drug-likeness (QED) is 0.632. The average Bonchev–Trinajstić information content (AvgIpc) is 2.36. The molecule has 0 heterocycles. The summed E-state index contributed by atoms with van der Waals surface area (Å²) in [6, 6.07) is 6.54. The summed E-state index contributed by atoms with van der Waals surface area (Å²) < 4.78 is 15.8. The molecular formula is C15H24O3. The fourth-order valence-electron chi connectivity index (χ4n) is 1.72. The van der Waals surface area contributed by atoms with Crippen LogP contribution in [-0.4, -0.2) is 40.1 Å². The van der Waals surface area contributed by atoms with Crippen LogP contribution in [0.5, 0.6) is 0 Å². The molecule has 0 amide bonds. The van der Waals surface area contributed by atoms with Crippen molar-refractivity contribution in [2.45, 2.75) is 20.3 Å². The van der Waals surface area contributed by atoms with Gasteiger partial charge in [0.25, 0.3) is 0 Å². The zero-order valence-corrected chi connectivity index (χ0v) is 11.7. The number of benzene rings is 1. The summed E-state index contributed by atoms with van der Waals surface area (Å²) in [4.78, 5) is 0. The minimum absolute atomic E-state index is 0.635. The second-order valence-electron chi connectivity index (χ2n) is 4.40. The molecule has 0 aliphatic heterocycles. The van der Waals surface area contributed by atoms with E-state index < -0.39 is 0 Å². The lowest BCUT2D eigenvalue weighted by molar-refractivity contribution is 0.0255. The Balaban J connectivity index is 2.09. The third-order valence-electron chi connectivity index (χ3n) is 2.82. The van der Waals surface area contributed by atoms with Crippen LogP contribution in [0, 0.1) is 13.8 Å². The molecule has 0 atom stereocenters. The highest BCUT2D eigenvalue weighted by Gasteiger charge is 1.99. The van der Waals surface area contributed by atoms with Crippen LogP contribution in [0.4, 0.5) is 0 Å². The first-order chi connectivity index (χ1) is 8.74. The molecular weight excluding hydrogens is 228 g/mol. The summed E-state index contributed by atoms with van der Waals surface area (Å²) in [6.45, 7) is 7.57. The van der Waals surface area contributed by atoms with E-state index in [1.807, 2.05) is 0 Å². The molecule has 0 N–H and O–H groups in total. The molecule has 18 heavy (non-hydrogen) atoms. The monoisotopic (exact) mass is 252 g/mol. The van der Waals surface area contributed by atoms with Gasteiger partial charge in [0.05, 0.1) is 33.0 Å². The molecule has 0 aromatic heterocycles. The summed E-state index contributed by atoms with van der Waals surface area (Å²) >= 11 is 0. The molecule has 0 unspecified atom stereocenters. The Morgan fingerprint density at radius 1 is 0.889 bits per heavy atom. The van der Waals surface area contributed by atoms with Crippen molar-refractivity contribution in [2.75, 3.05) is 40.1 Å². The SMILES string of the molecule is COCCOCCOCCc1cc(C)ccc1C. The summed E-state index contributed by atoms with van der Waals surface area (Å²) in [5, 5.41) is 0. The zero-order valence-electron chi connectivity index (χ0n) is 11.7. The number of ether oxygens (including phenoxy) is 3. The molecule has 3 heteroatoms. The first kappa shape index (κ1) is 15.2. The van der Waals surface area contributed by atoms with Crippen LogP contribution in [0.3, 0.4) is 0 Å². The number of rotatable bonds is 9. The molecule has 0 saturated carbocycles. The molecule has 0 saturated heterocycles. The van der Waals surface area contributed by atoms with Crippen LogP contribution in [0.2, 0.25) is 0 Å². The highest BCUT2D eigenvalue weighted by atomic mass is 16.5. The van der Waals surface area contributed by atoms with Crippen molar-refractivity contribution in [2.24, 2.45) is 0 Å². The van der Waals surface area contributed by atoms with Gasteiger partial charge in [-0.2, -0.15) is 0 Å². The first-order valence-corrected chi connectivity index (χ1v) is 6.44. The summed E-state index contributed by atoms with van der Waals surface area (Å²) in [5.74, 6) is 0. The van der Waals surface area contributed by atoms with Crippen LogP contribution in [0.25, 0.3) is 0 Å². The zero-order chi connectivity index (χ0) is 13.2. The summed E-state index contributed by atoms with van der Waals surface area (Å²) in [6.07, 6.45) is 0.964. The Bertz CT molecular complexity index is 337. The van der Waals surface area contributed by atoms with Gasteiger partial charge in [0.15, 0.2) is 0 Å². The molecule has 1 aromatic carbocycles. The molecule has 3 nitrogen and oxygen atoms in total. The second-order valence-corrected chi connectivity index (χ2v) is 4.40. The van der Waals surface area contributed by atoms with Crippen molar-refractivity contribution in [3.8, 4) is 0 Å². The Hall–Kier alpha value is -0.900. The van der Waals surface area contributed by atoms with Crippen molar-refractivity contribution in [3.63, 3.8) is 0 Å². The van der Waals surface area contributed by atoms with E-state index in [4.69, 9.17) is 14.2 Å². The fraction of sp³-hybridized carbons (Fsp3) is 0.600. The van der Waals surface area contributed by atoms with E-state index in [9.17, 15) is 0 Å². The van der Waals surface area contributed by atoms with E-state index in [0.717, 1.165) is 13.0 Å². The van der Waals surface area contributed by atoms with Crippen LogP contribution in [0.15, 0.2) is 18.2 Å². The van der Waals surface area contributed by atoms with E-state index in [2.05, 4.69) is 32.0 Å². The van der Waals surface area contributed by atoms with Crippen molar-refractivity contribution in [3.05, 3.63) is 34.9 Å². The molecule has 102 valence electrons. The lowest BCUT2D eigenvalue weighted by Gasteiger charge is -2.08. The standard InChI is InChI=1S/C15H24O3/c1-13-4-5-14(2)15(12-13)6-7-17-10-11-18-9-8-16-3/h4-5,12H,6-11H2,1-3H3. The van der Waals surface area contributed by atoms with E-state index in [1.165, 1.54) is 16.7 Å². The van der Waals surface area contributed by atoms with Gasteiger partial charge in [-0.05, 0) is 31.4 Å². The maximum absolute atomic E-state index is 5.55. The second kappa shape index (κ2) is 9.09. The molecule has 0 radical (unpaired) electrons. The Kier molecular flexibility index (Phi) is 7.65. The smallest absolute Gasteiger partial charge is 0.0701 e. The number of methoxy groups -OCH3 is 1. The molecule has 0 spiro atoms. The highest BCUT2D eigenvalue weighted by molar-refractivity contribution is 5.30. The minimum atomic E-state index is 0.635. The average molecular weight is 252 g/mol. The Morgan fingerprint density at radius 3 is 2.28 bits per heavy atom. The highest BCUT2D eigenvalue weighted by Crippen LogP contribution is 2.11. The summed E-state index contributed by atoms with van der Waals surface area (Å²) in [5.41, 5.74) is 4.01. The van der Waals surface area contributed by atoms with Crippen LogP contribution >= 0.6 is 0 Å². The Morgan fingerprint density at radius 2 is 1.56 bits per heavy atom. The lowest BCUT2D eigenvalue weighted by Crippen LogP contribution is -2.10. The normalized spacial score (nSPS) is 10.8. The van der Waals surface area contributed by atoms with Gasteiger partial charge < -0.3 is 14.2 Å². The van der Waals surface area contributed by atoms with Gasteiger partial charge in [0.1, 0.15) is 0 Å². The molecule has 1 aromatic rings. The van der Waals surface area contributed by atoms with Gasteiger partial charge in [0, 0.05) is 7.11 Å². The van der Waals surface area contributed by atoms with Crippen LogP contribution in [0.1, 0.15) is 16.7 Å². The van der Waals surface area contributed by atoms with Gasteiger partial charge >= 0.3 is 0 Å². The van der Waals surface area contributed by atoms with Gasteiger partial charge in [-0.1, -0.05) is 23.8 Å². The predicted molar refractivity (Wildman–Crippen MR) is 73.1 cm³/mol. The van der Waals surface area contributed by atoms with E-state index in [-0.39, 0.29) is 0 Å². The minimum Gasteiger partial charge on any atom is -0.382 e. The van der Waals surface area contributed by atoms with Gasteiger partial charge in [-0.3, -0.25) is 0 Å². The third-order valence-corrected chi connectivity index (χ3v) is 2.82. The fourth-order valence-corrected chi connectivity index (χ4v) is 1.72. The molecule has 0 aliphatic carbocycles. The van der Waals surface area contributed by atoms with E-state index in [0.29, 0.717) is 26.4 Å². The third kappa shape index (κ3) is 6.15. The first-order valence-electron chi connectivity index (χ1n) is 6.44. The Labute approximate surface area is 110 Å². The van der Waals surface area contributed by atoms with Crippen molar-refractivity contribution < 1.29 is 14.2 Å². The summed E-state index contributed by atoms with van der Waals surface area (Å²) in [7, 11) is 1.67. The lowest BCUT2D eigenvalue weighted by atomic mass is 10.0. The van der Waals surface area contributed by atoms with E-state index in [1.54, 1.807) is 7.11 Å². The van der Waals surface area contributed by atoms with Crippen molar-refractivity contribution in [1.82, 2.24) is 0 Å². The largest absolute Gasteiger partial charge is 0.382 e. The van der Waals surface area contributed by atoms with E-state index >= 15 is 0 Å². The predicted octanol–water partition coefficient (Wildman–Crippen LogP) is 2.53. The maximum atomic E-state index is 5.55. The van der Waals surface area contributed by atoms with Crippen molar-refractivity contribution >= 4 is 0 Å². The molecule has 0 fully saturated rings. The molecule has 0 bridgehead atoms.